The van der Waals surface area contributed by atoms with E-state index in [9.17, 15) is 15.0 Å². The highest BCUT2D eigenvalue weighted by atomic mass is 32.1. The molecule has 0 aliphatic rings. The van der Waals surface area contributed by atoms with Crippen molar-refractivity contribution in [1.29, 1.82) is 0 Å². The summed E-state index contributed by atoms with van der Waals surface area (Å²) in [5.74, 6) is 0.911. The summed E-state index contributed by atoms with van der Waals surface area (Å²) >= 11 is 1.22. The number of thiophene rings is 1. The zero-order valence-corrected chi connectivity index (χ0v) is 18.0. The molecular weight excluding hydrogens is 412 g/mol. The van der Waals surface area contributed by atoms with Crippen molar-refractivity contribution < 1.29 is 24.5 Å². The molecule has 0 fully saturated rings. The minimum absolute atomic E-state index is 0.0441. The number of ether oxygens (including phenoxy) is 2. The summed E-state index contributed by atoms with van der Waals surface area (Å²) in [6.07, 6.45) is -0.230. The molecule has 31 heavy (non-hydrogen) atoms. The number of ketones is 1. The molecule has 0 saturated carbocycles. The van der Waals surface area contributed by atoms with Crippen molar-refractivity contribution in [2.45, 2.75) is 12.0 Å². The molecule has 0 atom stereocenters. The first-order chi connectivity index (χ1) is 15.0. The maximum atomic E-state index is 13.3. The number of methoxy groups -OCH3 is 2. The largest absolute Gasteiger partial charge is 0.506 e. The highest BCUT2D eigenvalue weighted by Gasteiger charge is 2.36. The summed E-state index contributed by atoms with van der Waals surface area (Å²) in [6.45, 7) is 0. The first-order valence-corrected chi connectivity index (χ1v) is 10.5. The van der Waals surface area contributed by atoms with E-state index in [4.69, 9.17) is 9.47 Å². The van der Waals surface area contributed by atoms with Crippen molar-refractivity contribution >= 4 is 27.2 Å². The minimum atomic E-state index is -1.60. The Morgan fingerprint density at radius 2 is 1.39 bits per heavy atom. The maximum Gasteiger partial charge on any atom is 0.180 e. The number of hydrogen-bond donors (Lipinski definition) is 2. The van der Waals surface area contributed by atoms with Gasteiger partial charge in [0.25, 0.3) is 0 Å². The number of hydrogen-bond acceptors (Lipinski definition) is 6. The van der Waals surface area contributed by atoms with Crippen LogP contribution in [0.1, 0.15) is 27.2 Å². The molecule has 0 aliphatic heterocycles. The van der Waals surface area contributed by atoms with Crippen LogP contribution >= 0.6 is 11.3 Å². The SMILES string of the molecule is COc1ccc(C(O)(CC(=O)c2sc3ccccc3c2O)c2ccc(OC)cc2)cc1. The summed E-state index contributed by atoms with van der Waals surface area (Å²) in [6, 6.07) is 21.2. The van der Waals surface area contributed by atoms with Crippen LogP contribution in [0.2, 0.25) is 0 Å². The molecule has 0 bridgehead atoms. The lowest BCUT2D eigenvalue weighted by molar-refractivity contribution is 0.0584. The Kier molecular flexibility index (Phi) is 5.67. The van der Waals surface area contributed by atoms with Crippen LogP contribution in [0.15, 0.2) is 72.8 Å². The van der Waals surface area contributed by atoms with Gasteiger partial charge in [0.15, 0.2) is 5.78 Å². The van der Waals surface area contributed by atoms with Gasteiger partial charge in [0.2, 0.25) is 0 Å². The second-order valence-corrected chi connectivity index (χ2v) is 8.25. The van der Waals surface area contributed by atoms with Crippen LogP contribution in [0.5, 0.6) is 17.2 Å². The molecule has 0 saturated heterocycles. The van der Waals surface area contributed by atoms with Gasteiger partial charge in [-0.15, -0.1) is 11.3 Å². The van der Waals surface area contributed by atoms with Crippen molar-refractivity contribution in [3.8, 4) is 17.2 Å². The lowest BCUT2D eigenvalue weighted by atomic mass is 9.82. The first-order valence-electron chi connectivity index (χ1n) is 9.71. The van der Waals surface area contributed by atoms with Crippen molar-refractivity contribution in [2.75, 3.05) is 14.2 Å². The van der Waals surface area contributed by atoms with E-state index >= 15 is 0 Å². The molecule has 3 aromatic carbocycles. The Balaban J connectivity index is 1.77. The number of aromatic hydroxyl groups is 1. The number of rotatable bonds is 7. The lowest BCUT2D eigenvalue weighted by Crippen LogP contribution is -2.30. The van der Waals surface area contributed by atoms with Gasteiger partial charge in [-0.3, -0.25) is 4.79 Å². The van der Waals surface area contributed by atoms with E-state index in [2.05, 4.69) is 0 Å². The molecule has 1 heterocycles. The van der Waals surface area contributed by atoms with Crippen LogP contribution < -0.4 is 9.47 Å². The first kappa shape index (κ1) is 20.9. The molecule has 0 amide bonds. The average Bonchev–Trinajstić information content (AvgIpc) is 3.16. The molecule has 158 valence electrons. The van der Waals surface area contributed by atoms with E-state index in [-0.39, 0.29) is 22.8 Å². The van der Waals surface area contributed by atoms with Crippen LogP contribution in [0.4, 0.5) is 0 Å². The van der Waals surface area contributed by atoms with Gasteiger partial charge >= 0.3 is 0 Å². The molecule has 0 unspecified atom stereocenters. The van der Waals surface area contributed by atoms with E-state index in [1.165, 1.54) is 11.3 Å². The average molecular weight is 435 g/mol. The Morgan fingerprint density at radius 1 is 0.871 bits per heavy atom. The molecule has 4 aromatic rings. The Labute approximate surface area is 184 Å². The Morgan fingerprint density at radius 3 is 1.87 bits per heavy atom. The predicted molar refractivity (Wildman–Crippen MR) is 121 cm³/mol. The second-order valence-electron chi connectivity index (χ2n) is 7.19. The fraction of sp³-hybridized carbons (Fsp3) is 0.160. The smallest absolute Gasteiger partial charge is 0.180 e. The van der Waals surface area contributed by atoms with Gasteiger partial charge < -0.3 is 19.7 Å². The second kappa shape index (κ2) is 8.41. The highest BCUT2D eigenvalue weighted by molar-refractivity contribution is 7.21. The topological polar surface area (TPSA) is 76.0 Å². The third-order valence-electron chi connectivity index (χ3n) is 5.37. The van der Waals surface area contributed by atoms with E-state index in [1.807, 2.05) is 18.2 Å². The van der Waals surface area contributed by atoms with Crippen molar-refractivity contribution in [2.24, 2.45) is 0 Å². The van der Waals surface area contributed by atoms with Gasteiger partial charge in [-0.2, -0.15) is 0 Å². The molecule has 2 N–H and O–H groups in total. The quantitative estimate of drug-likeness (QED) is 0.394. The highest BCUT2D eigenvalue weighted by Crippen LogP contribution is 2.41. The van der Waals surface area contributed by atoms with E-state index in [0.29, 0.717) is 28.0 Å². The summed E-state index contributed by atoms with van der Waals surface area (Å²) in [4.78, 5) is 13.5. The number of carbonyl (C=O) groups excluding carboxylic acids is 1. The van der Waals surface area contributed by atoms with Gasteiger partial charge in [0.1, 0.15) is 27.7 Å². The molecule has 5 nitrogen and oxygen atoms in total. The minimum Gasteiger partial charge on any atom is -0.506 e. The van der Waals surface area contributed by atoms with Crippen molar-refractivity contribution in [3.63, 3.8) is 0 Å². The zero-order chi connectivity index (χ0) is 22.0. The predicted octanol–water partition coefficient (Wildman–Crippen LogP) is 5.13. The summed E-state index contributed by atoms with van der Waals surface area (Å²) in [7, 11) is 3.14. The monoisotopic (exact) mass is 434 g/mol. The third kappa shape index (κ3) is 3.87. The summed E-state index contributed by atoms with van der Waals surface area (Å²) in [5, 5.41) is 23.0. The van der Waals surface area contributed by atoms with Crippen LogP contribution in [0.25, 0.3) is 10.1 Å². The van der Waals surface area contributed by atoms with Crippen LogP contribution in [-0.2, 0) is 5.60 Å². The van der Waals surface area contributed by atoms with Crippen LogP contribution in [0, 0.1) is 0 Å². The van der Waals surface area contributed by atoms with Crippen molar-refractivity contribution in [3.05, 3.63) is 88.8 Å². The normalized spacial score (nSPS) is 11.5. The van der Waals surface area contributed by atoms with E-state index in [0.717, 1.165) is 4.70 Å². The van der Waals surface area contributed by atoms with Crippen LogP contribution in [-0.4, -0.2) is 30.2 Å². The number of Topliss-reactive ketones (excluding diaryl/α,β-unsaturated/α-hetero) is 1. The fourth-order valence-corrected chi connectivity index (χ4v) is 4.67. The molecule has 0 aliphatic carbocycles. The summed E-state index contributed by atoms with van der Waals surface area (Å²) < 4.78 is 11.3. The van der Waals surface area contributed by atoms with Gasteiger partial charge in [0, 0.05) is 16.5 Å². The lowest BCUT2D eigenvalue weighted by Gasteiger charge is -2.29. The molecule has 0 radical (unpaired) electrons. The molecule has 4 rings (SSSR count). The number of benzene rings is 3. The number of carbonyl (C=O) groups is 1. The van der Waals surface area contributed by atoms with Gasteiger partial charge in [0.05, 0.1) is 14.2 Å². The Hall–Kier alpha value is -3.35. The number of aliphatic hydroxyl groups is 1. The van der Waals surface area contributed by atoms with E-state index in [1.54, 1.807) is 68.8 Å². The van der Waals surface area contributed by atoms with Crippen LogP contribution in [0.3, 0.4) is 0 Å². The maximum absolute atomic E-state index is 13.3. The van der Waals surface area contributed by atoms with Gasteiger partial charge in [-0.05, 0) is 47.5 Å². The van der Waals surface area contributed by atoms with Crippen molar-refractivity contribution in [1.82, 2.24) is 0 Å². The number of fused-ring (bicyclic) bond motifs is 1. The van der Waals surface area contributed by atoms with E-state index < -0.39 is 5.60 Å². The summed E-state index contributed by atoms with van der Waals surface area (Å²) in [5.41, 5.74) is -0.502. The standard InChI is InChI=1S/C25H22O5S/c1-29-18-11-7-16(8-12-18)25(28,17-9-13-19(30-2)14-10-17)15-21(26)24-23(27)20-5-3-4-6-22(20)31-24/h3-14,27-28H,15H2,1-2H3. The molecule has 0 spiro atoms. The molecule has 6 heteroatoms. The molecular formula is C25H22O5S. The third-order valence-corrected chi connectivity index (χ3v) is 6.58. The zero-order valence-electron chi connectivity index (χ0n) is 17.2. The molecule has 1 aromatic heterocycles. The fourth-order valence-electron chi connectivity index (χ4n) is 3.64. The van der Waals surface area contributed by atoms with Gasteiger partial charge in [-0.25, -0.2) is 0 Å². The Bertz CT molecular complexity index is 1160. The van der Waals surface area contributed by atoms with Gasteiger partial charge in [-0.1, -0.05) is 36.4 Å².